The highest BCUT2D eigenvalue weighted by molar-refractivity contribution is 4.86. The molecule has 1 heterocycles. The second kappa shape index (κ2) is 6.33. The molecular weight excluding hydrogens is 228 g/mol. The van der Waals surface area contributed by atoms with E-state index in [0.29, 0.717) is 6.04 Å². The molecule has 1 saturated carbocycles. The van der Waals surface area contributed by atoms with E-state index in [0.717, 1.165) is 45.3 Å². The molecule has 2 rings (SSSR count). The SMILES string of the molecule is COC(C)(C)CCN1CCOCC1CNC1CC1. The maximum absolute atomic E-state index is 5.61. The Balaban J connectivity index is 1.75. The lowest BCUT2D eigenvalue weighted by atomic mass is 10.0. The number of nitrogens with one attached hydrogen (secondary N) is 1. The van der Waals surface area contributed by atoms with Crippen LogP contribution in [0.3, 0.4) is 0 Å². The van der Waals surface area contributed by atoms with E-state index in [4.69, 9.17) is 9.47 Å². The summed E-state index contributed by atoms with van der Waals surface area (Å²) in [5, 5.41) is 3.61. The average molecular weight is 256 g/mol. The summed E-state index contributed by atoms with van der Waals surface area (Å²) in [5.41, 5.74) is -0.0211. The van der Waals surface area contributed by atoms with Gasteiger partial charge in [-0.2, -0.15) is 0 Å². The number of hydrogen-bond acceptors (Lipinski definition) is 4. The number of hydrogen-bond donors (Lipinski definition) is 1. The third-order valence-electron chi connectivity index (χ3n) is 4.12. The summed E-state index contributed by atoms with van der Waals surface area (Å²) in [5.74, 6) is 0. The van der Waals surface area contributed by atoms with Crippen LogP contribution in [0.1, 0.15) is 33.1 Å². The maximum Gasteiger partial charge on any atom is 0.0634 e. The van der Waals surface area contributed by atoms with Gasteiger partial charge in [-0.25, -0.2) is 0 Å². The van der Waals surface area contributed by atoms with Crippen molar-refractivity contribution in [2.24, 2.45) is 0 Å². The molecule has 4 heteroatoms. The molecule has 0 radical (unpaired) electrons. The van der Waals surface area contributed by atoms with Gasteiger partial charge in [0.25, 0.3) is 0 Å². The molecule has 2 fully saturated rings. The smallest absolute Gasteiger partial charge is 0.0634 e. The minimum atomic E-state index is -0.0211. The van der Waals surface area contributed by atoms with Crippen LogP contribution >= 0.6 is 0 Å². The van der Waals surface area contributed by atoms with Gasteiger partial charge in [0, 0.05) is 38.8 Å². The number of methoxy groups -OCH3 is 1. The minimum absolute atomic E-state index is 0.0211. The molecule has 1 atom stereocenters. The van der Waals surface area contributed by atoms with E-state index in [9.17, 15) is 0 Å². The van der Waals surface area contributed by atoms with Crippen LogP contribution in [0.5, 0.6) is 0 Å². The molecule has 1 aliphatic heterocycles. The third-order valence-corrected chi connectivity index (χ3v) is 4.12. The Kier molecular flexibility index (Phi) is 5.01. The molecule has 0 aromatic heterocycles. The lowest BCUT2D eigenvalue weighted by Gasteiger charge is -2.37. The highest BCUT2D eigenvalue weighted by atomic mass is 16.5. The van der Waals surface area contributed by atoms with E-state index in [1.165, 1.54) is 12.8 Å². The molecule has 1 saturated heterocycles. The van der Waals surface area contributed by atoms with Crippen molar-refractivity contribution in [3.8, 4) is 0 Å². The van der Waals surface area contributed by atoms with Crippen molar-refractivity contribution in [3.63, 3.8) is 0 Å². The van der Waals surface area contributed by atoms with E-state index in [1.54, 1.807) is 7.11 Å². The zero-order valence-electron chi connectivity index (χ0n) is 12.1. The molecule has 1 unspecified atom stereocenters. The molecule has 0 spiro atoms. The molecule has 1 aliphatic carbocycles. The van der Waals surface area contributed by atoms with Crippen molar-refractivity contribution in [2.45, 2.75) is 50.8 Å². The lowest BCUT2D eigenvalue weighted by molar-refractivity contribution is -0.0317. The van der Waals surface area contributed by atoms with E-state index in [2.05, 4.69) is 24.1 Å². The molecule has 1 N–H and O–H groups in total. The van der Waals surface area contributed by atoms with Gasteiger partial charge in [0.15, 0.2) is 0 Å². The highest BCUT2D eigenvalue weighted by Crippen LogP contribution is 2.20. The van der Waals surface area contributed by atoms with Crippen LogP contribution in [-0.4, -0.2) is 62.5 Å². The van der Waals surface area contributed by atoms with E-state index in [-0.39, 0.29) is 5.60 Å². The van der Waals surface area contributed by atoms with Crippen molar-refractivity contribution in [1.29, 1.82) is 0 Å². The summed E-state index contributed by atoms with van der Waals surface area (Å²) in [6.07, 6.45) is 3.78. The summed E-state index contributed by atoms with van der Waals surface area (Å²) in [6.45, 7) is 9.27. The molecule has 0 aromatic carbocycles. The summed E-state index contributed by atoms with van der Waals surface area (Å²) in [7, 11) is 1.80. The van der Waals surface area contributed by atoms with Crippen molar-refractivity contribution in [1.82, 2.24) is 10.2 Å². The lowest BCUT2D eigenvalue weighted by Crippen LogP contribution is -2.51. The monoisotopic (exact) mass is 256 g/mol. The predicted octanol–water partition coefficient (Wildman–Crippen LogP) is 1.25. The Bertz CT molecular complexity index is 254. The van der Waals surface area contributed by atoms with Gasteiger partial charge in [-0.3, -0.25) is 4.90 Å². The molecule has 2 aliphatic rings. The van der Waals surface area contributed by atoms with Crippen molar-refractivity contribution in [2.75, 3.05) is 40.0 Å². The number of morpholine rings is 1. The Morgan fingerprint density at radius 2 is 2.17 bits per heavy atom. The normalized spacial score (nSPS) is 26.5. The standard InChI is InChI=1S/C14H28N2O2/c1-14(2,17-3)6-7-16-8-9-18-11-13(16)10-15-12-4-5-12/h12-13,15H,4-11H2,1-3H3. The van der Waals surface area contributed by atoms with Crippen LogP contribution in [-0.2, 0) is 9.47 Å². The van der Waals surface area contributed by atoms with Crippen LogP contribution in [0.25, 0.3) is 0 Å². The van der Waals surface area contributed by atoms with Crippen LogP contribution in [0.2, 0.25) is 0 Å². The second-order valence-electron chi connectivity index (χ2n) is 6.16. The van der Waals surface area contributed by atoms with Gasteiger partial charge in [0.2, 0.25) is 0 Å². The van der Waals surface area contributed by atoms with Gasteiger partial charge in [-0.15, -0.1) is 0 Å². The van der Waals surface area contributed by atoms with Gasteiger partial charge >= 0.3 is 0 Å². The fourth-order valence-corrected chi connectivity index (χ4v) is 2.28. The molecular formula is C14H28N2O2. The summed E-state index contributed by atoms with van der Waals surface area (Å²) in [4.78, 5) is 2.56. The molecule has 4 nitrogen and oxygen atoms in total. The first-order chi connectivity index (χ1) is 8.61. The first-order valence-electron chi connectivity index (χ1n) is 7.21. The molecule has 0 bridgehead atoms. The van der Waals surface area contributed by atoms with Gasteiger partial charge < -0.3 is 14.8 Å². The van der Waals surface area contributed by atoms with Gasteiger partial charge in [0.1, 0.15) is 0 Å². The first-order valence-corrected chi connectivity index (χ1v) is 7.21. The Morgan fingerprint density at radius 3 is 2.83 bits per heavy atom. The Morgan fingerprint density at radius 1 is 1.39 bits per heavy atom. The number of nitrogens with zero attached hydrogens (tertiary/aromatic N) is 1. The quantitative estimate of drug-likeness (QED) is 0.743. The van der Waals surface area contributed by atoms with Crippen molar-refractivity contribution >= 4 is 0 Å². The van der Waals surface area contributed by atoms with Crippen molar-refractivity contribution < 1.29 is 9.47 Å². The zero-order valence-corrected chi connectivity index (χ0v) is 12.1. The zero-order chi connectivity index (χ0) is 13.0. The van der Waals surface area contributed by atoms with Crippen LogP contribution < -0.4 is 5.32 Å². The summed E-state index contributed by atoms with van der Waals surface area (Å²) < 4.78 is 11.1. The molecule has 18 heavy (non-hydrogen) atoms. The van der Waals surface area contributed by atoms with Gasteiger partial charge in [0.05, 0.1) is 18.8 Å². The number of rotatable bonds is 7. The topological polar surface area (TPSA) is 33.7 Å². The maximum atomic E-state index is 5.61. The van der Waals surface area contributed by atoms with Crippen LogP contribution in [0.4, 0.5) is 0 Å². The molecule has 0 aromatic rings. The largest absolute Gasteiger partial charge is 0.379 e. The Hall–Kier alpha value is -0.160. The Labute approximate surface area is 111 Å². The van der Waals surface area contributed by atoms with Gasteiger partial charge in [-0.1, -0.05) is 0 Å². The van der Waals surface area contributed by atoms with Crippen molar-refractivity contribution in [3.05, 3.63) is 0 Å². The summed E-state index contributed by atoms with van der Waals surface area (Å²) >= 11 is 0. The molecule has 106 valence electrons. The van der Waals surface area contributed by atoms with Crippen LogP contribution in [0, 0.1) is 0 Å². The fourth-order valence-electron chi connectivity index (χ4n) is 2.28. The van der Waals surface area contributed by atoms with E-state index < -0.39 is 0 Å². The highest BCUT2D eigenvalue weighted by Gasteiger charge is 2.28. The second-order valence-corrected chi connectivity index (χ2v) is 6.16. The van der Waals surface area contributed by atoms with E-state index in [1.807, 2.05) is 0 Å². The molecule has 0 amide bonds. The first kappa shape index (κ1) is 14.3. The summed E-state index contributed by atoms with van der Waals surface area (Å²) in [6, 6.07) is 1.32. The fraction of sp³-hybridized carbons (Fsp3) is 1.00. The minimum Gasteiger partial charge on any atom is -0.379 e. The predicted molar refractivity (Wildman–Crippen MR) is 72.9 cm³/mol. The van der Waals surface area contributed by atoms with Crippen LogP contribution in [0.15, 0.2) is 0 Å². The number of ether oxygens (including phenoxy) is 2. The van der Waals surface area contributed by atoms with E-state index >= 15 is 0 Å². The third kappa shape index (κ3) is 4.50. The average Bonchev–Trinajstić information content (AvgIpc) is 3.19. The van der Waals surface area contributed by atoms with Gasteiger partial charge in [-0.05, 0) is 33.1 Å².